The number of hydrazine groups is 1. The summed E-state index contributed by atoms with van der Waals surface area (Å²) in [4.78, 5) is 0. The van der Waals surface area contributed by atoms with Crippen LogP contribution in [0.15, 0.2) is 42.5 Å². The minimum Gasteiger partial charge on any atom is -0.271 e. The molecular weight excluding hydrogens is 277 g/mol. The molecule has 3 N–H and O–H groups in total. The van der Waals surface area contributed by atoms with E-state index in [1.807, 2.05) is 30.3 Å². The van der Waals surface area contributed by atoms with E-state index < -0.39 is 23.5 Å². The Morgan fingerprint density at radius 2 is 1.67 bits per heavy atom. The van der Waals surface area contributed by atoms with Crippen LogP contribution in [0.3, 0.4) is 0 Å². The van der Waals surface area contributed by atoms with Crippen molar-refractivity contribution in [1.82, 2.24) is 5.43 Å². The van der Waals surface area contributed by atoms with Gasteiger partial charge in [-0.3, -0.25) is 11.3 Å². The number of hydrogen-bond acceptors (Lipinski definition) is 2. The van der Waals surface area contributed by atoms with Crippen LogP contribution in [0.5, 0.6) is 0 Å². The molecule has 0 radical (unpaired) electrons. The Hall–Kier alpha value is -1.85. The topological polar surface area (TPSA) is 38.0 Å². The van der Waals surface area contributed by atoms with Gasteiger partial charge in [0.25, 0.3) is 0 Å². The molecule has 0 amide bonds. The average molecular weight is 292 g/mol. The summed E-state index contributed by atoms with van der Waals surface area (Å²) in [5.74, 6) is 2.13. The van der Waals surface area contributed by atoms with Crippen molar-refractivity contribution < 1.29 is 13.2 Å². The maximum atomic E-state index is 13.4. The molecule has 5 heteroatoms. The highest BCUT2D eigenvalue weighted by atomic mass is 19.2. The summed E-state index contributed by atoms with van der Waals surface area (Å²) in [6.07, 6.45) is 0.874. The van der Waals surface area contributed by atoms with Gasteiger partial charge in [-0.05, 0) is 41.5 Å². The molecule has 1 aliphatic carbocycles. The monoisotopic (exact) mass is 292 g/mol. The van der Waals surface area contributed by atoms with Gasteiger partial charge in [0.2, 0.25) is 0 Å². The molecule has 0 spiro atoms. The van der Waals surface area contributed by atoms with Crippen molar-refractivity contribution in [3.05, 3.63) is 71.0 Å². The summed E-state index contributed by atoms with van der Waals surface area (Å²) in [7, 11) is 0. The van der Waals surface area contributed by atoms with Gasteiger partial charge >= 0.3 is 0 Å². The maximum Gasteiger partial charge on any atom is 0.194 e. The van der Waals surface area contributed by atoms with Crippen molar-refractivity contribution in [1.29, 1.82) is 0 Å². The molecule has 2 nitrogen and oxygen atoms in total. The fraction of sp³-hybridized carbons (Fsp3) is 0.250. The molecule has 3 unspecified atom stereocenters. The number of rotatable bonds is 4. The van der Waals surface area contributed by atoms with Crippen LogP contribution in [-0.2, 0) is 0 Å². The Kier molecular flexibility index (Phi) is 3.69. The molecule has 110 valence electrons. The van der Waals surface area contributed by atoms with Crippen LogP contribution in [0.25, 0.3) is 0 Å². The largest absolute Gasteiger partial charge is 0.271 e. The molecular formula is C16H15F3N2. The Morgan fingerprint density at radius 3 is 2.24 bits per heavy atom. The predicted molar refractivity (Wildman–Crippen MR) is 73.7 cm³/mol. The van der Waals surface area contributed by atoms with E-state index in [1.54, 1.807) is 0 Å². The first-order valence-corrected chi connectivity index (χ1v) is 6.77. The first-order chi connectivity index (χ1) is 10.1. The summed E-state index contributed by atoms with van der Waals surface area (Å²) in [5, 5.41) is 0. The van der Waals surface area contributed by atoms with Gasteiger partial charge in [-0.2, -0.15) is 0 Å². The van der Waals surface area contributed by atoms with Crippen LogP contribution >= 0.6 is 0 Å². The number of nitrogens with two attached hydrogens (primary N) is 1. The normalized spacial score (nSPS) is 22.1. The number of benzene rings is 2. The average Bonchev–Trinajstić information content (AvgIpc) is 3.27. The lowest BCUT2D eigenvalue weighted by molar-refractivity contribution is 0.432. The van der Waals surface area contributed by atoms with Crippen LogP contribution in [0.4, 0.5) is 13.2 Å². The van der Waals surface area contributed by atoms with Crippen molar-refractivity contribution in [2.24, 2.45) is 11.8 Å². The lowest BCUT2D eigenvalue weighted by Gasteiger charge is -2.17. The van der Waals surface area contributed by atoms with E-state index in [-0.39, 0.29) is 5.92 Å². The lowest BCUT2D eigenvalue weighted by Crippen LogP contribution is -2.30. The molecule has 0 heterocycles. The van der Waals surface area contributed by atoms with Crippen molar-refractivity contribution in [3.63, 3.8) is 0 Å². The van der Waals surface area contributed by atoms with E-state index in [1.165, 1.54) is 5.56 Å². The van der Waals surface area contributed by atoms with Gasteiger partial charge in [-0.1, -0.05) is 30.3 Å². The molecule has 1 saturated carbocycles. The summed E-state index contributed by atoms with van der Waals surface area (Å²) < 4.78 is 39.7. The summed E-state index contributed by atoms with van der Waals surface area (Å²) in [6, 6.07) is 11.5. The van der Waals surface area contributed by atoms with Crippen LogP contribution in [0.2, 0.25) is 0 Å². The van der Waals surface area contributed by atoms with E-state index in [4.69, 9.17) is 5.84 Å². The first-order valence-electron chi connectivity index (χ1n) is 6.77. The molecule has 0 saturated heterocycles. The number of halogens is 3. The molecule has 2 aromatic rings. The summed E-state index contributed by atoms with van der Waals surface area (Å²) in [5.41, 5.74) is 4.10. The van der Waals surface area contributed by atoms with Gasteiger partial charge in [0.15, 0.2) is 17.5 Å². The van der Waals surface area contributed by atoms with Gasteiger partial charge in [0.1, 0.15) is 0 Å². The maximum absolute atomic E-state index is 13.4. The predicted octanol–water partition coefficient (Wildman–Crippen LogP) is 3.41. The number of hydrogen-bond donors (Lipinski definition) is 2. The molecule has 21 heavy (non-hydrogen) atoms. The smallest absolute Gasteiger partial charge is 0.194 e. The van der Waals surface area contributed by atoms with E-state index in [0.29, 0.717) is 11.5 Å². The van der Waals surface area contributed by atoms with Crippen LogP contribution in [-0.4, -0.2) is 0 Å². The van der Waals surface area contributed by atoms with E-state index in [0.717, 1.165) is 18.6 Å². The third-order valence-electron chi connectivity index (χ3n) is 4.04. The zero-order valence-corrected chi connectivity index (χ0v) is 11.2. The van der Waals surface area contributed by atoms with Gasteiger partial charge in [0.05, 0.1) is 0 Å². The fourth-order valence-electron chi connectivity index (χ4n) is 2.89. The van der Waals surface area contributed by atoms with Crippen LogP contribution < -0.4 is 11.3 Å². The highest BCUT2D eigenvalue weighted by Gasteiger charge is 2.44. The molecule has 0 bridgehead atoms. The van der Waals surface area contributed by atoms with Crippen molar-refractivity contribution in [3.8, 4) is 0 Å². The van der Waals surface area contributed by atoms with Crippen molar-refractivity contribution in [2.45, 2.75) is 18.4 Å². The molecule has 1 aliphatic rings. The Balaban J connectivity index is 1.84. The minimum atomic E-state index is -1.45. The molecule has 3 rings (SSSR count). The zero-order valence-electron chi connectivity index (χ0n) is 11.2. The standard InChI is InChI=1S/C16H15F3N2/c17-13-6-10(7-14(18)15(13)19)16(21-20)12-8-11(12)9-4-2-1-3-5-9/h1-7,11-12,16,21H,8,20H2. The second-order valence-electron chi connectivity index (χ2n) is 5.36. The number of nitrogens with one attached hydrogen (secondary N) is 1. The molecule has 0 aromatic heterocycles. The first kappa shape index (κ1) is 14.1. The van der Waals surface area contributed by atoms with Gasteiger partial charge in [-0.15, -0.1) is 0 Å². The SMILES string of the molecule is NNC(c1cc(F)c(F)c(F)c1)C1CC1c1ccccc1. The lowest BCUT2D eigenvalue weighted by atomic mass is 9.99. The summed E-state index contributed by atoms with van der Waals surface area (Å²) in [6.45, 7) is 0. The quantitative estimate of drug-likeness (QED) is 0.515. The Morgan fingerprint density at radius 1 is 1.05 bits per heavy atom. The van der Waals surface area contributed by atoms with Crippen molar-refractivity contribution >= 4 is 0 Å². The third kappa shape index (κ3) is 2.66. The molecule has 2 aromatic carbocycles. The highest BCUT2D eigenvalue weighted by molar-refractivity contribution is 5.31. The van der Waals surface area contributed by atoms with Gasteiger partial charge in [0, 0.05) is 6.04 Å². The molecule has 0 aliphatic heterocycles. The highest BCUT2D eigenvalue weighted by Crippen LogP contribution is 2.53. The van der Waals surface area contributed by atoms with Crippen molar-refractivity contribution in [2.75, 3.05) is 0 Å². The van der Waals surface area contributed by atoms with Gasteiger partial charge in [-0.25, -0.2) is 13.2 Å². The zero-order chi connectivity index (χ0) is 15.0. The van der Waals surface area contributed by atoms with E-state index in [2.05, 4.69) is 5.43 Å². The Bertz CT molecular complexity index is 622. The summed E-state index contributed by atoms with van der Waals surface area (Å²) >= 11 is 0. The van der Waals surface area contributed by atoms with Gasteiger partial charge < -0.3 is 0 Å². The third-order valence-corrected chi connectivity index (χ3v) is 4.04. The second-order valence-corrected chi connectivity index (χ2v) is 5.36. The minimum absolute atomic E-state index is 0.140. The van der Waals surface area contributed by atoms with E-state index in [9.17, 15) is 13.2 Å². The van der Waals surface area contributed by atoms with E-state index >= 15 is 0 Å². The molecule has 3 atom stereocenters. The fourth-order valence-corrected chi connectivity index (χ4v) is 2.89. The second kappa shape index (κ2) is 5.50. The van der Waals surface area contributed by atoms with Crippen LogP contribution in [0, 0.1) is 23.4 Å². The Labute approximate surface area is 120 Å². The molecule has 1 fully saturated rings. The van der Waals surface area contributed by atoms with Crippen LogP contribution in [0.1, 0.15) is 29.5 Å².